The van der Waals surface area contributed by atoms with Crippen molar-refractivity contribution in [2.24, 2.45) is 17.6 Å². The number of nitrogens with two attached hydrogens (primary N) is 1. The van der Waals surface area contributed by atoms with Crippen LogP contribution in [-0.4, -0.2) is 119 Å². The highest BCUT2D eigenvalue weighted by atomic mass is 32.2. The second kappa shape index (κ2) is 10.8. The average Bonchev–Trinajstić information content (AvgIpc) is 3.67. The molecule has 4 aliphatic rings. The monoisotopic (exact) mass is 577 g/mol. The summed E-state index contributed by atoms with van der Waals surface area (Å²) >= 11 is 1.39. The van der Waals surface area contributed by atoms with Gasteiger partial charge in [0.25, 0.3) is 5.82 Å². The first-order valence-electron chi connectivity index (χ1n) is 13.0. The van der Waals surface area contributed by atoms with E-state index in [4.69, 9.17) is 10.8 Å². The minimum Gasteiger partial charge on any atom is -0.477 e. The Bertz CT molecular complexity index is 1280. The smallest absolute Gasteiger partial charge is 0.375 e. The molecule has 0 aliphatic carbocycles. The van der Waals surface area contributed by atoms with Crippen LogP contribution in [0.4, 0.5) is 0 Å². The second-order valence-electron chi connectivity index (χ2n) is 10.6. The molecule has 17 heteroatoms. The van der Waals surface area contributed by atoms with Gasteiger partial charge < -0.3 is 36.4 Å². The minimum atomic E-state index is -1.39. The predicted molar refractivity (Wildman–Crippen MR) is 137 cm³/mol. The number of carboxylic acids is 2. The number of amides is 3. The van der Waals surface area contributed by atoms with Crippen molar-refractivity contribution in [3.63, 3.8) is 0 Å². The quantitative estimate of drug-likeness (QED) is 0.194. The van der Waals surface area contributed by atoms with E-state index < -0.39 is 54.1 Å². The summed E-state index contributed by atoms with van der Waals surface area (Å²) in [5.74, 6) is -5.06. The number of likely N-dealkylation sites (tertiary alicyclic amines) is 1. The normalized spacial score (nSPS) is 30.3. The Morgan fingerprint density at radius 1 is 1.25 bits per heavy atom. The van der Waals surface area contributed by atoms with Gasteiger partial charge in [0.1, 0.15) is 12.2 Å². The van der Waals surface area contributed by atoms with Crippen LogP contribution in [0.25, 0.3) is 0 Å². The van der Waals surface area contributed by atoms with E-state index in [1.54, 1.807) is 11.8 Å². The number of aliphatic carboxylic acids is 1. The Hall–Kier alpha value is -3.57. The number of fused-ring (bicyclic) bond motifs is 1. The van der Waals surface area contributed by atoms with E-state index in [2.05, 4.69) is 26.2 Å². The van der Waals surface area contributed by atoms with Crippen molar-refractivity contribution in [1.82, 2.24) is 40.6 Å². The Labute approximate surface area is 232 Å². The Morgan fingerprint density at radius 2 is 2.00 bits per heavy atom. The summed E-state index contributed by atoms with van der Waals surface area (Å²) in [5.41, 5.74) is 5.89. The number of tetrazole rings is 1. The summed E-state index contributed by atoms with van der Waals surface area (Å²) in [6, 6.07) is -1.49. The van der Waals surface area contributed by atoms with Crippen molar-refractivity contribution in [2.45, 2.75) is 62.7 Å². The van der Waals surface area contributed by atoms with Gasteiger partial charge in [-0.2, -0.15) is 0 Å². The number of thioether (sulfide) groups is 1. The molecule has 0 saturated carbocycles. The van der Waals surface area contributed by atoms with Gasteiger partial charge in [0.15, 0.2) is 0 Å². The lowest BCUT2D eigenvalue weighted by atomic mass is 9.78. The zero-order valence-electron chi connectivity index (χ0n) is 21.9. The molecule has 4 aliphatic heterocycles. The Morgan fingerprint density at radius 3 is 2.65 bits per heavy atom. The van der Waals surface area contributed by atoms with Crippen LogP contribution in [0.15, 0.2) is 10.6 Å². The number of β-lactam (4-membered cyclic amide) rings is 1. The number of carbonyl (C=O) groups excluding carboxylic acids is 3. The Kier molecular flexibility index (Phi) is 7.54. The summed E-state index contributed by atoms with van der Waals surface area (Å²) in [5, 5.41) is 35.2. The third kappa shape index (κ3) is 4.92. The molecule has 0 radical (unpaired) electrons. The van der Waals surface area contributed by atoms with Crippen LogP contribution in [0.5, 0.6) is 0 Å². The van der Waals surface area contributed by atoms with Crippen LogP contribution in [0.1, 0.15) is 37.3 Å². The summed E-state index contributed by atoms with van der Waals surface area (Å²) < 4.78 is 0.835. The highest BCUT2D eigenvalue weighted by molar-refractivity contribution is 8.03. The lowest BCUT2D eigenvalue weighted by molar-refractivity contribution is -0.158. The van der Waals surface area contributed by atoms with Gasteiger partial charge in [-0.1, -0.05) is 6.92 Å². The molecule has 5 rings (SSSR count). The van der Waals surface area contributed by atoms with Gasteiger partial charge in [-0.25, -0.2) is 14.3 Å². The van der Waals surface area contributed by atoms with Crippen molar-refractivity contribution < 1.29 is 34.2 Å². The van der Waals surface area contributed by atoms with E-state index in [1.165, 1.54) is 16.7 Å². The first-order valence-corrected chi connectivity index (χ1v) is 13.9. The number of aromatic nitrogens is 4. The number of nitrogens with one attached hydrogen (secondary N) is 2. The number of nitrogens with zero attached hydrogens (tertiary/aromatic N) is 6. The third-order valence-corrected chi connectivity index (χ3v) is 9.47. The standard InChI is InChI=1S/C23H31N9O7S/c1-9-16-15(10(2)26-14(33)8-31-19(23(38)39)27-28-29-31)21(35)32(16)17(22(36)37)18(9)40-12-5-13(25-6-12)20(34)30-4-3-11(24)7-30/h9-13,15-16,25H,3-8,24H2,1-2H3,(H,26,33)(H,36,37)(H,38,39)/t9-,10-,11-,12?,13?,15-,16-/m1/s1. The molecule has 0 bridgehead atoms. The van der Waals surface area contributed by atoms with E-state index in [9.17, 15) is 29.1 Å². The maximum absolute atomic E-state index is 13.2. The molecule has 3 amide bonds. The van der Waals surface area contributed by atoms with Crippen LogP contribution >= 0.6 is 11.8 Å². The van der Waals surface area contributed by atoms with Crippen LogP contribution in [0.2, 0.25) is 0 Å². The van der Waals surface area contributed by atoms with Gasteiger partial charge in [0.05, 0.1) is 18.0 Å². The van der Waals surface area contributed by atoms with Crippen molar-refractivity contribution in [1.29, 1.82) is 0 Å². The molecule has 40 heavy (non-hydrogen) atoms. The van der Waals surface area contributed by atoms with Gasteiger partial charge >= 0.3 is 11.9 Å². The summed E-state index contributed by atoms with van der Waals surface area (Å²) in [6.45, 7) is 4.74. The fourth-order valence-electron chi connectivity index (χ4n) is 6.05. The SMILES string of the molecule is C[C@@H](NC(=O)Cn1nnnc1C(=O)O)[C@H]1C(=O)N2C(C(=O)O)=C(SC3CNC(C(=O)N4CC[C@@H](N)C4)C3)[C@H](C)[C@H]12. The van der Waals surface area contributed by atoms with Crippen molar-refractivity contribution in [2.75, 3.05) is 19.6 Å². The molecule has 5 heterocycles. The van der Waals surface area contributed by atoms with E-state index in [0.29, 0.717) is 31.0 Å². The molecule has 1 aromatic rings. The average molecular weight is 578 g/mol. The molecule has 216 valence electrons. The van der Waals surface area contributed by atoms with E-state index in [0.717, 1.165) is 11.1 Å². The lowest BCUT2D eigenvalue weighted by Gasteiger charge is -2.47. The van der Waals surface area contributed by atoms with Crippen LogP contribution in [0, 0.1) is 11.8 Å². The molecule has 2 unspecified atom stereocenters. The molecule has 3 fully saturated rings. The molecule has 0 spiro atoms. The first-order chi connectivity index (χ1) is 19.0. The molecule has 0 aromatic carbocycles. The largest absolute Gasteiger partial charge is 0.477 e. The van der Waals surface area contributed by atoms with Gasteiger partial charge in [-0.15, -0.1) is 16.9 Å². The van der Waals surface area contributed by atoms with Crippen LogP contribution < -0.4 is 16.4 Å². The number of aromatic carboxylic acids is 1. The maximum Gasteiger partial charge on any atom is 0.375 e. The molecular weight excluding hydrogens is 546 g/mol. The predicted octanol–water partition coefficient (Wildman–Crippen LogP) is -2.33. The van der Waals surface area contributed by atoms with Gasteiger partial charge in [0.2, 0.25) is 17.7 Å². The summed E-state index contributed by atoms with van der Waals surface area (Å²) in [7, 11) is 0. The molecule has 7 atom stereocenters. The second-order valence-corrected chi connectivity index (χ2v) is 12.0. The number of rotatable bonds is 9. The molecule has 1 aromatic heterocycles. The molecule has 6 N–H and O–H groups in total. The zero-order chi connectivity index (χ0) is 28.9. The number of carboxylic acid groups (broad SMARTS) is 2. The number of hydrogen-bond acceptors (Lipinski definition) is 11. The highest BCUT2D eigenvalue weighted by Gasteiger charge is 2.60. The lowest BCUT2D eigenvalue weighted by Crippen LogP contribution is -2.66. The van der Waals surface area contributed by atoms with Crippen LogP contribution in [-0.2, 0) is 25.7 Å². The Balaban J connectivity index is 1.23. The van der Waals surface area contributed by atoms with Crippen LogP contribution in [0.3, 0.4) is 0 Å². The van der Waals surface area contributed by atoms with Crippen molar-refractivity contribution >= 4 is 41.4 Å². The minimum absolute atomic E-state index is 0.00346. The van der Waals surface area contributed by atoms with E-state index in [-0.39, 0.29) is 34.9 Å². The fraction of sp³-hybridized carbons (Fsp3) is 0.652. The summed E-state index contributed by atoms with van der Waals surface area (Å²) in [4.78, 5) is 65.7. The van der Waals surface area contributed by atoms with Crippen molar-refractivity contribution in [3.05, 3.63) is 16.4 Å². The third-order valence-electron chi connectivity index (χ3n) is 7.95. The molecule has 3 saturated heterocycles. The topological polar surface area (TPSA) is 226 Å². The molecule has 16 nitrogen and oxygen atoms in total. The summed E-state index contributed by atoms with van der Waals surface area (Å²) in [6.07, 6.45) is 1.30. The fourth-order valence-corrected chi connectivity index (χ4v) is 7.53. The zero-order valence-corrected chi connectivity index (χ0v) is 22.7. The van der Waals surface area contributed by atoms with Gasteiger partial charge in [-0.3, -0.25) is 14.4 Å². The maximum atomic E-state index is 13.2. The number of carbonyl (C=O) groups is 5. The number of hydrogen-bond donors (Lipinski definition) is 5. The highest BCUT2D eigenvalue weighted by Crippen LogP contribution is 2.51. The van der Waals surface area contributed by atoms with Gasteiger partial charge in [-0.05, 0) is 30.2 Å². The first kappa shape index (κ1) is 28.0. The molecular formula is C23H31N9O7S. The van der Waals surface area contributed by atoms with Crippen molar-refractivity contribution in [3.8, 4) is 0 Å². The van der Waals surface area contributed by atoms with E-state index >= 15 is 0 Å². The van der Waals surface area contributed by atoms with E-state index in [1.807, 2.05) is 6.92 Å². The van der Waals surface area contributed by atoms with Gasteiger partial charge in [0, 0.05) is 47.8 Å².